The second-order valence-corrected chi connectivity index (χ2v) is 6.53. The summed E-state index contributed by atoms with van der Waals surface area (Å²) in [6, 6.07) is 1.64. The molecule has 0 bridgehead atoms. The predicted molar refractivity (Wildman–Crippen MR) is 89.8 cm³/mol. The molecule has 144 valence electrons. The average molecular weight is 371 g/mol. The number of amides is 3. The highest BCUT2D eigenvalue weighted by Crippen LogP contribution is 2.13. The van der Waals surface area contributed by atoms with Crippen LogP contribution in [0.2, 0.25) is 0 Å². The molecule has 0 fully saturated rings. The molecule has 3 amide bonds. The molecule has 1 aromatic carbocycles. The van der Waals surface area contributed by atoms with E-state index in [1.807, 2.05) is 0 Å². The lowest BCUT2D eigenvalue weighted by molar-refractivity contribution is -0.129. The lowest BCUT2D eigenvalue weighted by Crippen LogP contribution is -2.53. The highest BCUT2D eigenvalue weighted by Gasteiger charge is 2.26. The van der Waals surface area contributed by atoms with Gasteiger partial charge in [-0.3, -0.25) is 20.4 Å². The molecule has 0 spiro atoms. The Morgan fingerprint density at radius 2 is 1.81 bits per heavy atom. The second kappa shape index (κ2) is 9.12. The van der Waals surface area contributed by atoms with Crippen LogP contribution in [-0.2, 0) is 20.7 Å². The molecule has 0 heterocycles. The lowest BCUT2D eigenvalue weighted by Gasteiger charge is -2.23. The Morgan fingerprint density at radius 3 is 2.35 bits per heavy atom. The Balaban J connectivity index is 2.91. The molecule has 9 heteroatoms. The van der Waals surface area contributed by atoms with Crippen molar-refractivity contribution >= 4 is 17.9 Å². The van der Waals surface area contributed by atoms with Crippen molar-refractivity contribution in [2.45, 2.75) is 52.2 Å². The van der Waals surface area contributed by atoms with Gasteiger partial charge in [0.25, 0.3) is 5.91 Å². The fourth-order valence-corrected chi connectivity index (χ4v) is 1.87. The number of alkyl carbamates (subject to hydrolysis) is 1. The zero-order valence-corrected chi connectivity index (χ0v) is 15.1. The van der Waals surface area contributed by atoms with Gasteiger partial charge in [0.15, 0.2) is 0 Å². The summed E-state index contributed by atoms with van der Waals surface area (Å²) < 4.78 is 32.0. The zero-order valence-electron chi connectivity index (χ0n) is 15.1. The molecule has 1 atom stereocenters. The van der Waals surface area contributed by atoms with E-state index >= 15 is 0 Å². The van der Waals surface area contributed by atoms with Gasteiger partial charge in [0.2, 0.25) is 5.91 Å². The molecule has 0 saturated carbocycles. The van der Waals surface area contributed by atoms with Gasteiger partial charge >= 0.3 is 6.09 Å². The minimum atomic E-state index is -1.25. The summed E-state index contributed by atoms with van der Waals surface area (Å²) in [6.45, 7) is 6.51. The van der Waals surface area contributed by atoms with Gasteiger partial charge in [0.05, 0.1) is 0 Å². The first-order chi connectivity index (χ1) is 12.0. The van der Waals surface area contributed by atoms with Crippen molar-refractivity contribution in [2.75, 3.05) is 0 Å². The Hall–Kier alpha value is -2.71. The molecule has 0 saturated heterocycles. The second-order valence-electron chi connectivity index (χ2n) is 6.53. The number of hydrazine groups is 1. The number of carbonyl (C=O) groups is 3. The highest BCUT2D eigenvalue weighted by atomic mass is 19.1. The number of rotatable bonds is 5. The fourth-order valence-electron chi connectivity index (χ4n) is 1.87. The Labute approximate surface area is 150 Å². The summed E-state index contributed by atoms with van der Waals surface area (Å²) in [4.78, 5) is 35.5. The van der Waals surface area contributed by atoms with Crippen LogP contribution in [0.15, 0.2) is 18.2 Å². The monoisotopic (exact) mass is 371 g/mol. The molecule has 0 radical (unpaired) electrons. The number of nitrogens with one attached hydrogen (secondary N) is 3. The van der Waals surface area contributed by atoms with Crippen molar-refractivity contribution in [1.29, 1.82) is 0 Å². The van der Waals surface area contributed by atoms with Crippen molar-refractivity contribution in [3.05, 3.63) is 35.4 Å². The summed E-state index contributed by atoms with van der Waals surface area (Å²) in [5.41, 5.74) is 3.52. The van der Waals surface area contributed by atoms with Crippen molar-refractivity contribution in [2.24, 2.45) is 0 Å². The SMILES string of the molecule is CCC(=O)NNC(=O)C(Cc1ccc(F)cc1F)NC(=O)OC(C)(C)C. The highest BCUT2D eigenvalue weighted by molar-refractivity contribution is 5.88. The van der Waals surface area contributed by atoms with Gasteiger partial charge < -0.3 is 10.1 Å². The Morgan fingerprint density at radius 1 is 1.15 bits per heavy atom. The number of halogens is 2. The molecule has 0 aliphatic rings. The number of benzene rings is 1. The van der Waals surface area contributed by atoms with E-state index in [-0.39, 0.29) is 18.4 Å². The zero-order chi connectivity index (χ0) is 19.9. The smallest absolute Gasteiger partial charge is 0.408 e. The van der Waals surface area contributed by atoms with Gasteiger partial charge in [-0.25, -0.2) is 13.6 Å². The van der Waals surface area contributed by atoms with Crippen LogP contribution in [0.3, 0.4) is 0 Å². The van der Waals surface area contributed by atoms with Crippen LogP contribution < -0.4 is 16.2 Å². The first kappa shape index (κ1) is 21.3. The van der Waals surface area contributed by atoms with E-state index in [0.717, 1.165) is 6.07 Å². The number of carbonyl (C=O) groups excluding carboxylic acids is 3. The van der Waals surface area contributed by atoms with E-state index in [4.69, 9.17) is 4.74 Å². The molecule has 0 aliphatic carbocycles. The molecular weight excluding hydrogens is 348 g/mol. The molecule has 0 aliphatic heterocycles. The van der Waals surface area contributed by atoms with Crippen LogP contribution in [0.4, 0.5) is 13.6 Å². The van der Waals surface area contributed by atoms with Crippen LogP contribution in [0.1, 0.15) is 39.7 Å². The molecule has 1 unspecified atom stereocenters. The molecule has 3 N–H and O–H groups in total. The summed E-state index contributed by atoms with van der Waals surface area (Å²) in [5, 5.41) is 2.32. The first-order valence-corrected chi connectivity index (χ1v) is 8.04. The van der Waals surface area contributed by atoms with Crippen molar-refractivity contribution in [1.82, 2.24) is 16.2 Å². The van der Waals surface area contributed by atoms with E-state index in [0.29, 0.717) is 6.07 Å². The van der Waals surface area contributed by atoms with Crippen LogP contribution >= 0.6 is 0 Å². The molecule has 0 aromatic heterocycles. The van der Waals surface area contributed by atoms with Gasteiger partial charge in [-0.05, 0) is 32.4 Å². The number of hydrogen-bond donors (Lipinski definition) is 3. The van der Waals surface area contributed by atoms with E-state index < -0.39 is 41.2 Å². The standard InChI is InChI=1S/C17H23F2N3O4/c1-5-14(23)21-22-15(24)13(20-16(25)26-17(2,3)4)8-10-6-7-11(18)9-12(10)19/h6-7,9,13H,5,8H2,1-4H3,(H,20,25)(H,21,23)(H,22,24). The topological polar surface area (TPSA) is 96.5 Å². The van der Waals surface area contributed by atoms with Crippen LogP contribution in [0.25, 0.3) is 0 Å². The van der Waals surface area contributed by atoms with Gasteiger partial charge in [0.1, 0.15) is 23.3 Å². The minimum Gasteiger partial charge on any atom is -0.444 e. The summed E-state index contributed by atoms with van der Waals surface area (Å²) in [7, 11) is 0. The molecule has 7 nitrogen and oxygen atoms in total. The Bertz CT molecular complexity index is 674. The van der Waals surface area contributed by atoms with Crippen LogP contribution in [-0.4, -0.2) is 29.6 Å². The van der Waals surface area contributed by atoms with E-state index in [9.17, 15) is 23.2 Å². The van der Waals surface area contributed by atoms with Gasteiger partial charge in [-0.2, -0.15) is 0 Å². The van der Waals surface area contributed by atoms with Crippen LogP contribution in [0, 0.1) is 11.6 Å². The average Bonchev–Trinajstić information content (AvgIpc) is 2.52. The molecule has 1 aromatic rings. The molecule has 1 rings (SSSR count). The maximum Gasteiger partial charge on any atom is 0.408 e. The van der Waals surface area contributed by atoms with E-state index in [1.54, 1.807) is 27.7 Å². The largest absolute Gasteiger partial charge is 0.444 e. The third kappa shape index (κ3) is 7.45. The van der Waals surface area contributed by atoms with E-state index in [2.05, 4.69) is 16.2 Å². The van der Waals surface area contributed by atoms with Crippen molar-refractivity contribution < 1.29 is 27.9 Å². The quantitative estimate of drug-likeness (QED) is 0.690. The normalized spacial score (nSPS) is 12.1. The van der Waals surface area contributed by atoms with Gasteiger partial charge in [-0.15, -0.1) is 0 Å². The maximum atomic E-state index is 13.9. The van der Waals surface area contributed by atoms with Gasteiger partial charge in [-0.1, -0.05) is 13.0 Å². The molecule has 26 heavy (non-hydrogen) atoms. The fraction of sp³-hybridized carbons (Fsp3) is 0.471. The third-order valence-corrected chi connectivity index (χ3v) is 3.09. The maximum absolute atomic E-state index is 13.9. The van der Waals surface area contributed by atoms with Crippen molar-refractivity contribution in [3.63, 3.8) is 0 Å². The van der Waals surface area contributed by atoms with Gasteiger partial charge in [0, 0.05) is 18.9 Å². The summed E-state index contributed by atoms with van der Waals surface area (Å²) in [5.74, 6) is -2.84. The van der Waals surface area contributed by atoms with Crippen LogP contribution in [0.5, 0.6) is 0 Å². The summed E-state index contributed by atoms with van der Waals surface area (Å²) >= 11 is 0. The molecular formula is C17H23F2N3O4. The van der Waals surface area contributed by atoms with Crippen molar-refractivity contribution in [3.8, 4) is 0 Å². The first-order valence-electron chi connectivity index (χ1n) is 8.04. The van der Waals surface area contributed by atoms with E-state index in [1.165, 1.54) is 6.07 Å². The third-order valence-electron chi connectivity index (χ3n) is 3.09. The lowest BCUT2D eigenvalue weighted by atomic mass is 10.0. The predicted octanol–water partition coefficient (Wildman–Crippen LogP) is 1.96. The number of ether oxygens (including phenoxy) is 1. The number of hydrogen-bond acceptors (Lipinski definition) is 4. The Kier molecular flexibility index (Phi) is 7.48. The minimum absolute atomic E-state index is 0.0180. The summed E-state index contributed by atoms with van der Waals surface area (Å²) in [6.07, 6.45) is -1.02.